The number of carbonyl (C=O) groups is 4. The summed E-state index contributed by atoms with van der Waals surface area (Å²) in [5.41, 5.74) is -0.615. The van der Waals surface area contributed by atoms with Crippen molar-refractivity contribution in [2.24, 2.45) is 0 Å². The molecular weight excluding hydrogens is 522 g/mol. The number of non-ortho nitro benzene ring substituents is 1. The van der Waals surface area contributed by atoms with Crippen molar-refractivity contribution in [1.82, 2.24) is 15.1 Å². The molecule has 2 aromatic carbocycles. The van der Waals surface area contributed by atoms with Gasteiger partial charge in [0.15, 0.2) is 6.17 Å². The lowest BCUT2D eigenvalue weighted by atomic mass is 10.0. The van der Waals surface area contributed by atoms with Gasteiger partial charge in [0.25, 0.3) is 23.4 Å². The Morgan fingerprint density at radius 1 is 1.10 bits per heavy atom. The normalized spacial score (nSPS) is 19.5. The minimum atomic E-state index is -1.60. The van der Waals surface area contributed by atoms with Crippen LogP contribution in [-0.4, -0.2) is 75.5 Å². The Morgan fingerprint density at radius 2 is 1.79 bits per heavy atom. The second-order valence-electron chi connectivity index (χ2n) is 9.07. The molecule has 14 heteroatoms. The highest BCUT2D eigenvalue weighted by Gasteiger charge is 2.46. The number of carboxylic acids is 1. The first-order chi connectivity index (χ1) is 18.5. The number of nitro benzene ring substituents is 1. The molecule has 2 aliphatic rings. The van der Waals surface area contributed by atoms with E-state index in [-0.39, 0.29) is 24.3 Å². The van der Waals surface area contributed by atoms with E-state index in [0.29, 0.717) is 25.5 Å². The highest BCUT2D eigenvalue weighted by molar-refractivity contribution is 5.99. The van der Waals surface area contributed by atoms with Crippen molar-refractivity contribution in [3.63, 3.8) is 0 Å². The van der Waals surface area contributed by atoms with Crippen molar-refractivity contribution in [3.8, 4) is 0 Å². The van der Waals surface area contributed by atoms with Gasteiger partial charge in [-0.15, -0.1) is 0 Å². The maximum Gasteiger partial charge on any atom is 0.305 e. The fourth-order valence-electron chi connectivity index (χ4n) is 4.68. The Morgan fingerprint density at radius 3 is 2.41 bits per heavy atom. The number of nitrogens with zero attached hydrogens (tertiary/aromatic N) is 3. The lowest BCUT2D eigenvalue weighted by Crippen LogP contribution is -2.56. The summed E-state index contributed by atoms with van der Waals surface area (Å²) in [6, 6.07) is 5.92. The zero-order valence-electron chi connectivity index (χ0n) is 20.4. The lowest BCUT2D eigenvalue weighted by molar-refractivity contribution is -0.384. The fourth-order valence-corrected chi connectivity index (χ4v) is 4.68. The van der Waals surface area contributed by atoms with Gasteiger partial charge in [-0.25, -0.2) is 8.78 Å². The summed E-state index contributed by atoms with van der Waals surface area (Å²) in [4.78, 5) is 64.3. The minimum absolute atomic E-state index is 0.0965. The summed E-state index contributed by atoms with van der Waals surface area (Å²) in [7, 11) is 0. The van der Waals surface area contributed by atoms with Crippen LogP contribution in [0.2, 0.25) is 0 Å². The molecule has 4 rings (SSSR count). The number of hydrogen-bond acceptors (Lipinski definition) is 7. The molecule has 2 heterocycles. The molecule has 3 unspecified atom stereocenters. The lowest BCUT2D eigenvalue weighted by Gasteiger charge is -2.31. The molecule has 0 bridgehead atoms. The maximum absolute atomic E-state index is 13.8. The molecule has 3 atom stereocenters. The molecule has 2 saturated heterocycles. The monoisotopic (exact) mass is 546 g/mol. The number of aliphatic carboxylic acids is 1. The fraction of sp³-hybridized carbons (Fsp3) is 0.360. The summed E-state index contributed by atoms with van der Waals surface area (Å²) < 4.78 is 33.1. The number of nitro groups is 1. The molecule has 0 aliphatic carbocycles. The Hall–Kier alpha value is -4.46. The van der Waals surface area contributed by atoms with Gasteiger partial charge in [0.1, 0.15) is 17.7 Å². The van der Waals surface area contributed by atoms with Crippen LogP contribution in [0, 0.1) is 21.7 Å². The van der Waals surface area contributed by atoms with E-state index in [9.17, 15) is 43.2 Å². The summed E-state index contributed by atoms with van der Waals surface area (Å²) in [5.74, 6) is -5.81. The highest BCUT2D eigenvalue weighted by atomic mass is 19.1. The molecular formula is C25H24F2N4O8. The maximum atomic E-state index is 13.8. The molecule has 2 aromatic rings. The highest BCUT2D eigenvalue weighted by Crippen LogP contribution is 2.26. The van der Waals surface area contributed by atoms with E-state index in [1.807, 2.05) is 0 Å². The van der Waals surface area contributed by atoms with Crippen molar-refractivity contribution in [2.75, 3.05) is 19.7 Å². The molecule has 12 nitrogen and oxygen atoms in total. The molecule has 2 N–H and O–H groups in total. The smallest absolute Gasteiger partial charge is 0.305 e. The van der Waals surface area contributed by atoms with Crippen LogP contribution in [0.5, 0.6) is 0 Å². The summed E-state index contributed by atoms with van der Waals surface area (Å²) in [6.07, 6.45) is -2.12. The van der Waals surface area contributed by atoms with Crippen LogP contribution in [0.25, 0.3) is 0 Å². The minimum Gasteiger partial charge on any atom is -0.481 e. The van der Waals surface area contributed by atoms with Gasteiger partial charge < -0.3 is 25.0 Å². The van der Waals surface area contributed by atoms with Crippen LogP contribution in [0.4, 0.5) is 14.5 Å². The van der Waals surface area contributed by atoms with E-state index < -0.39 is 70.5 Å². The molecule has 0 aromatic heterocycles. The predicted molar refractivity (Wildman–Crippen MR) is 128 cm³/mol. The van der Waals surface area contributed by atoms with E-state index in [1.54, 1.807) is 0 Å². The molecule has 2 fully saturated rings. The van der Waals surface area contributed by atoms with Gasteiger partial charge in [0.05, 0.1) is 17.4 Å². The number of amides is 3. The first-order valence-electron chi connectivity index (χ1n) is 12.0. The van der Waals surface area contributed by atoms with Crippen LogP contribution >= 0.6 is 0 Å². The van der Waals surface area contributed by atoms with Crippen molar-refractivity contribution in [1.29, 1.82) is 0 Å². The van der Waals surface area contributed by atoms with E-state index in [4.69, 9.17) is 4.74 Å². The number of rotatable bonds is 8. The Bertz CT molecular complexity index is 1300. The van der Waals surface area contributed by atoms with Gasteiger partial charge in [-0.2, -0.15) is 0 Å². The molecule has 0 spiro atoms. The van der Waals surface area contributed by atoms with Gasteiger partial charge in [-0.1, -0.05) is 12.1 Å². The zero-order valence-corrected chi connectivity index (χ0v) is 20.4. The van der Waals surface area contributed by atoms with Crippen molar-refractivity contribution < 1.29 is 42.7 Å². The van der Waals surface area contributed by atoms with E-state index in [1.165, 1.54) is 18.2 Å². The van der Waals surface area contributed by atoms with Crippen molar-refractivity contribution >= 4 is 29.4 Å². The number of hydrogen-bond donors (Lipinski definition) is 2. The topological polar surface area (TPSA) is 159 Å². The second kappa shape index (κ2) is 11.5. The van der Waals surface area contributed by atoms with E-state index in [2.05, 4.69) is 5.32 Å². The quantitative estimate of drug-likeness (QED) is 0.376. The summed E-state index contributed by atoms with van der Waals surface area (Å²) in [5, 5.41) is 23.1. The number of carbonyl (C=O) groups excluding carboxylic acids is 3. The average molecular weight is 546 g/mol. The molecule has 2 aliphatic heterocycles. The number of carboxylic acid groups (broad SMARTS) is 1. The van der Waals surface area contributed by atoms with Gasteiger partial charge in [-0.3, -0.25) is 29.3 Å². The number of benzene rings is 2. The van der Waals surface area contributed by atoms with Crippen LogP contribution < -0.4 is 5.32 Å². The van der Waals surface area contributed by atoms with Gasteiger partial charge in [0.2, 0.25) is 0 Å². The Kier molecular flexibility index (Phi) is 8.14. The summed E-state index contributed by atoms with van der Waals surface area (Å²) in [6.45, 7) is 0.0778. The Labute approximate surface area is 220 Å². The molecule has 3 amide bonds. The van der Waals surface area contributed by atoms with Gasteiger partial charge in [-0.05, 0) is 30.5 Å². The zero-order chi connectivity index (χ0) is 28.3. The van der Waals surface area contributed by atoms with Gasteiger partial charge in [0, 0.05) is 43.5 Å². The van der Waals surface area contributed by atoms with E-state index in [0.717, 1.165) is 28.0 Å². The summed E-state index contributed by atoms with van der Waals surface area (Å²) >= 11 is 0. The van der Waals surface area contributed by atoms with Crippen LogP contribution in [-0.2, 0) is 19.1 Å². The largest absolute Gasteiger partial charge is 0.481 e. The van der Waals surface area contributed by atoms with Crippen molar-refractivity contribution in [2.45, 2.75) is 37.6 Å². The third-order valence-electron chi connectivity index (χ3n) is 6.44. The first-order valence-corrected chi connectivity index (χ1v) is 12.0. The molecule has 0 saturated carbocycles. The van der Waals surface area contributed by atoms with Crippen LogP contribution in [0.1, 0.15) is 41.2 Å². The number of nitrogens with one attached hydrogen (secondary N) is 1. The van der Waals surface area contributed by atoms with Crippen LogP contribution in [0.15, 0.2) is 42.5 Å². The second-order valence-corrected chi connectivity index (χ2v) is 9.07. The first kappa shape index (κ1) is 27.6. The third kappa shape index (κ3) is 6.17. The number of ether oxygens (including phenoxy) is 1. The standard InChI is InChI=1S/C25H24F2N4O8/c26-16-9-15(10-17(27)12-16)24(35)29-6-7-30(25(36)20-5-2-8-39-20)23(29)22(34)28-19(13-21(32)33)14-3-1-4-18(11-14)31(37)38/h1,3-4,9-12,19-20,23H,2,5-8,13H2,(H,28,34)(H,32,33). The molecule has 0 radical (unpaired) electrons. The Balaban J connectivity index is 1.67. The van der Waals surface area contributed by atoms with E-state index >= 15 is 0 Å². The van der Waals surface area contributed by atoms with Gasteiger partial charge >= 0.3 is 5.97 Å². The third-order valence-corrected chi connectivity index (χ3v) is 6.44. The molecule has 206 valence electrons. The van der Waals surface area contributed by atoms with Crippen molar-refractivity contribution in [3.05, 3.63) is 75.3 Å². The molecule has 39 heavy (non-hydrogen) atoms. The van der Waals surface area contributed by atoms with Crippen LogP contribution in [0.3, 0.4) is 0 Å². The predicted octanol–water partition coefficient (Wildman–Crippen LogP) is 1.99. The number of halogens is 2. The SMILES string of the molecule is O=C(O)CC(NC(=O)C1N(C(=O)c2cc(F)cc(F)c2)CCN1C(=O)C1CCCO1)c1cccc([N+](=O)[O-])c1. The average Bonchev–Trinajstić information content (AvgIpc) is 3.57.